The van der Waals surface area contributed by atoms with E-state index in [0.29, 0.717) is 0 Å². The molecule has 1 saturated heterocycles. The lowest BCUT2D eigenvalue weighted by molar-refractivity contribution is -0.745. The van der Waals surface area contributed by atoms with Gasteiger partial charge in [-0.1, -0.05) is 59.6 Å². The van der Waals surface area contributed by atoms with E-state index in [9.17, 15) is 33.9 Å². The van der Waals surface area contributed by atoms with Crippen molar-refractivity contribution in [2.24, 2.45) is 0 Å². The summed E-state index contributed by atoms with van der Waals surface area (Å²) in [6.45, 7) is -0.446. The maximum Gasteiger partial charge on any atom is 0.339 e. The minimum Gasteiger partial charge on any atom is -0.387 e. The normalized spacial score (nSPS) is 22.8. The third kappa shape index (κ3) is 6.43. The highest BCUT2D eigenvalue weighted by Gasteiger charge is 2.48. The van der Waals surface area contributed by atoms with Gasteiger partial charge < -0.3 is 35.0 Å². The largest absolute Gasteiger partial charge is 0.387 e. The predicted octanol–water partition coefficient (Wildman–Crippen LogP) is 1.62. The van der Waals surface area contributed by atoms with Crippen LogP contribution in [0.4, 0.5) is 5.95 Å². The van der Waals surface area contributed by atoms with E-state index in [0.717, 1.165) is 21.0 Å². The summed E-state index contributed by atoms with van der Waals surface area (Å²) in [6.07, 6.45) is -1.71. The SMILES string of the molecule is Nc1nc2c(c(=O)[nH]1)n(Cc1ccc(-c3ccccc3)cc1)c[n+]2C1OC(COP(=O)(O)CP(=O)(O)n2cccc2)[C@H](O)[C@@H]1O. The van der Waals surface area contributed by atoms with Gasteiger partial charge in [0.25, 0.3) is 11.5 Å². The van der Waals surface area contributed by atoms with Gasteiger partial charge in [0.1, 0.15) is 24.2 Å². The van der Waals surface area contributed by atoms with Gasteiger partial charge in [-0.2, -0.15) is 0 Å². The van der Waals surface area contributed by atoms with Crippen LogP contribution in [0.3, 0.4) is 0 Å². The first-order valence-corrected chi connectivity index (χ1v) is 17.4. The molecule has 1 aliphatic heterocycles. The molecular weight excluding hydrogens is 626 g/mol. The number of nitrogen functional groups attached to an aromatic ring is 1. The summed E-state index contributed by atoms with van der Waals surface area (Å²) in [6, 6.07) is 20.6. The van der Waals surface area contributed by atoms with Crippen LogP contribution >= 0.6 is 15.1 Å². The Balaban J connectivity index is 1.23. The Labute approximate surface area is 255 Å². The van der Waals surface area contributed by atoms with Gasteiger partial charge in [-0.25, -0.2) is 4.57 Å². The molecule has 4 heterocycles. The van der Waals surface area contributed by atoms with Crippen LogP contribution in [-0.2, 0) is 24.9 Å². The minimum absolute atomic E-state index is 0.0655. The van der Waals surface area contributed by atoms with E-state index in [-0.39, 0.29) is 23.7 Å². The molecular formula is C28H31N6O9P2+. The summed E-state index contributed by atoms with van der Waals surface area (Å²) in [7, 11) is -8.93. The van der Waals surface area contributed by atoms with Crippen molar-refractivity contribution in [2.45, 2.75) is 31.1 Å². The fraction of sp³-hybridized carbons (Fsp3) is 0.250. The highest BCUT2D eigenvalue weighted by Crippen LogP contribution is 2.58. The van der Waals surface area contributed by atoms with E-state index in [1.165, 1.54) is 35.4 Å². The number of aromatic nitrogens is 5. The van der Waals surface area contributed by atoms with Gasteiger partial charge in [-0.15, -0.1) is 0 Å². The molecule has 0 spiro atoms. The highest BCUT2D eigenvalue weighted by atomic mass is 31.2. The first-order valence-electron chi connectivity index (χ1n) is 13.8. The minimum atomic E-state index is -4.65. The molecule has 3 aromatic heterocycles. The number of H-pyrrole nitrogens is 1. The summed E-state index contributed by atoms with van der Waals surface area (Å²) in [5.74, 6) is -1.26. The molecule has 6 atom stereocenters. The van der Waals surface area contributed by atoms with Crippen LogP contribution in [0, 0.1) is 0 Å². The summed E-state index contributed by atoms with van der Waals surface area (Å²) < 4.78 is 40.0. The van der Waals surface area contributed by atoms with E-state index in [2.05, 4.69) is 9.97 Å². The molecule has 1 aliphatic rings. The van der Waals surface area contributed by atoms with Crippen LogP contribution in [-0.4, -0.2) is 69.7 Å². The van der Waals surface area contributed by atoms with Gasteiger partial charge in [0, 0.05) is 12.4 Å². The number of nitrogens with zero attached hydrogens (tertiary/aromatic N) is 4. The van der Waals surface area contributed by atoms with Crippen LogP contribution < -0.4 is 15.9 Å². The fourth-order valence-corrected chi connectivity index (χ4v) is 9.00. The Morgan fingerprint density at radius 1 is 0.978 bits per heavy atom. The number of nitrogens with one attached hydrogen (secondary N) is 1. The summed E-state index contributed by atoms with van der Waals surface area (Å²) in [5.41, 5.74) is 8.41. The van der Waals surface area contributed by atoms with Gasteiger partial charge in [0.15, 0.2) is 6.33 Å². The first kappa shape index (κ1) is 31.1. The van der Waals surface area contributed by atoms with Crippen molar-refractivity contribution in [1.82, 2.24) is 18.9 Å². The zero-order valence-electron chi connectivity index (χ0n) is 23.6. The van der Waals surface area contributed by atoms with Gasteiger partial charge in [0.2, 0.25) is 11.7 Å². The topological polar surface area (TPSA) is 219 Å². The number of anilines is 1. The number of rotatable bonds is 10. The van der Waals surface area contributed by atoms with Crippen LogP contribution in [0.15, 0.2) is 90.2 Å². The van der Waals surface area contributed by atoms with Crippen molar-refractivity contribution >= 4 is 32.2 Å². The number of benzene rings is 2. The Morgan fingerprint density at radius 2 is 1.64 bits per heavy atom. The van der Waals surface area contributed by atoms with Gasteiger partial charge >= 0.3 is 20.8 Å². The molecule has 0 aliphatic carbocycles. The molecule has 0 saturated carbocycles. The molecule has 1 fully saturated rings. The maximum absolute atomic E-state index is 13.0. The molecule has 5 aromatic rings. The molecule has 7 N–H and O–H groups in total. The van der Waals surface area contributed by atoms with E-state index in [4.69, 9.17) is 15.0 Å². The van der Waals surface area contributed by atoms with E-state index in [1.807, 2.05) is 54.6 Å². The predicted molar refractivity (Wildman–Crippen MR) is 162 cm³/mol. The number of hydrogen-bond acceptors (Lipinski definition) is 9. The lowest BCUT2D eigenvalue weighted by Gasteiger charge is -2.20. The number of nitrogens with two attached hydrogens (primary N) is 1. The van der Waals surface area contributed by atoms with Crippen LogP contribution in [0.25, 0.3) is 22.3 Å². The van der Waals surface area contributed by atoms with Crippen molar-refractivity contribution < 1.29 is 43.0 Å². The van der Waals surface area contributed by atoms with Crippen molar-refractivity contribution in [3.8, 4) is 11.1 Å². The smallest absolute Gasteiger partial charge is 0.339 e. The van der Waals surface area contributed by atoms with Crippen molar-refractivity contribution in [3.63, 3.8) is 0 Å². The quantitative estimate of drug-likeness (QED) is 0.0936. The molecule has 4 unspecified atom stereocenters. The number of aliphatic hydroxyl groups is 2. The molecule has 2 aromatic carbocycles. The average molecular weight is 658 g/mol. The third-order valence-electron chi connectivity index (χ3n) is 7.47. The first-order chi connectivity index (χ1) is 21.4. The molecule has 0 radical (unpaired) electrons. The zero-order valence-corrected chi connectivity index (χ0v) is 25.4. The number of aliphatic hydroxyl groups excluding tert-OH is 2. The van der Waals surface area contributed by atoms with E-state index < -0.39 is 57.7 Å². The Morgan fingerprint density at radius 3 is 2.33 bits per heavy atom. The van der Waals surface area contributed by atoms with Gasteiger partial charge in [-0.05, 0) is 28.8 Å². The molecule has 45 heavy (non-hydrogen) atoms. The second-order valence-electron chi connectivity index (χ2n) is 10.7. The zero-order chi connectivity index (χ0) is 31.9. The standard InChI is InChI=1S/C28H30N6O9P2/c29-28-30-25-22(26(37)31-28)32(14-18-8-10-20(11-9-18)19-6-2-1-3-7-19)16-34(25)27-24(36)23(35)21(43-27)15-42-45(40,41)17-44(38,39)33-12-4-5-13-33/h1-13,16,21,23-24,27,35-36H,14-15,17H2,(H4-,29,30,31,37,38,39,40,41)/p+1/t21?,23-,24-,27?/m0/s1. The Kier molecular flexibility index (Phi) is 8.37. The lowest BCUT2D eigenvalue weighted by Crippen LogP contribution is -2.46. The second-order valence-corrected chi connectivity index (χ2v) is 15.1. The molecule has 15 nitrogen and oxygen atoms in total. The van der Waals surface area contributed by atoms with Crippen LogP contribution in [0.5, 0.6) is 0 Å². The maximum atomic E-state index is 13.0. The van der Waals surface area contributed by atoms with E-state index in [1.54, 1.807) is 4.57 Å². The highest BCUT2D eigenvalue weighted by molar-refractivity contribution is 7.72. The van der Waals surface area contributed by atoms with Gasteiger partial charge in [0.05, 0.1) is 13.2 Å². The number of aromatic amines is 1. The number of hydrogen-bond donors (Lipinski definition) is 6. The molecule has 0 bridgehead atoms. The molecule has 17 heteroatoms. The van der Waals surface area contributed by atoms with Crippen molar-refractivity contribution in [2.75, 3.05) is 18.2 Å². The van der Waals surface area contributed by atoms with Crippen LogP contribution in [0.1, 0.15) is 11.8 Å². The van der Waals surface area contributed by atoms with Crippen molar-refractivity contribution in [1.29, 1.82) is 0 Å². The molecule has 236 valence electrons. The third-order valence-corrected chi connectivity index (χ3v) is 11.9. The Hall–Kier alpha value is -3.91. The Bertz CT molecular complexity index is 1960. The summed E-state index contributed by atoms with van der Waals surface area (Å²) in [4.78, 5) is 40.3. The second kappa shape index (κ2) is 12.1. The monoisotopic (exact) mass is 657 g/mol. The fourth-order valence-electron chi connectivity index (χ4n) is 5.28. The number of ether oxygens (including phenoxy) is 1. The van der Waals surface area contributed by atoms with Crippen LogP contribution in [0.2, 0.25) is 0 Å². The number of fused-ring (bicyclic) bond motifs is 1. The molecule has 6 rings (SSSR count). The van der Waals surface area contributed by atoms with Gasteiger partial charge in [-0.3, -0.25) is 27.8 Å². The number of imidazole rings is 1. The molecule has 0 amide bonds. The lowest BCUT2D eigenvalue weighted by atomic mass is 10.0. The summed E-state index contributed by atoms with van der Waals surface area (Å²) >= 11 is 0. The van der Waals surface area contributed by atoms with Crippen molar-refractivity contribution in [3.05, 3.63) is 101 Å². The summed E-state index contributed by atoms with van der Waals surface area (Å²) in [5, 5.41) is 21.7. The van der Waals surface area contributed by atoms with E-state index >= 15 is 0 Å². The average Bonchev–Trinajstić information content (AvgIpc) is 3.73.